The highest BCUT2D eigenvalue weighted by molar-refractivity contribution is 5.96. The maximum Gasteiger partial charge on any atom is 0.254 e. The minimum atomic E-state index is -0.220. The standard InChI is InChI=1S/C21H22N6O2/c1-14-20(25-18-6-4-3-5-17(18)23-14)26-9-11-27(12-10-26)21(29)16-7-8-22-19(13-16)24-15(2)28/h3-8,13H,9-12H2,1-2H3,(H,22,24,28). The van der Waals surface area contributed by atoms with Crippen LogP contribution in [0.5, 0.6) is 0 Å². The number of nitrogens with one attached hydrogen (secondary N) is 1. The minimum absolute atomic E-state index is 0.0695. The van der Waals surface area contributed by atoms with E-state index in [-0.39, 0.29) is 11.8 Å². The molecule has 2 amide bonds. The molecule has 2 aromatic heterocycles. The fraction of sp³-hybridized carbons (Fsp3) is 0.286. The van der Waals surface area contributed by atoms with E-state index in [1.165, 1.54) is 13.1 Å². The number of fused-ring (bicyclic) bond motifs is 1. The fourth-order valence-corrected chi connectivity index (χ4v) is 3.49. The zero-order valence-electron chi connectivity index (χ0n) is 16.4. The lowest BCUT2D eigenvalue weighted by Crippen LogP contribution is -2.49. The molecule has 4 rings (SSSR count). The molecule has 3 aromatic rings. The van der Waals surface area contributed by atoms with Crippen LogP contribution in [0.4, 0.5) is 11.6 Å². The number of carbonyl (C=O) groups excluding carboxylic acids is 2. The second-order valence-corrected chi connectivity index (χ2v) is 7.01. The molecule has 8 nitrogen and oxygen atoms in total. The first-order valence-corrected chi connectivity index (χ1v) is 9.52. The van der Waals surface area contributed by atoms with Gasteiger partial charge in [0.05, 0.1) is 16.7 Å². The van der Waals surface area contributed by atoms with Crippen molar-refractivity contribution in [3.8, 4) is 0 Å². The second kappa shape index (κ2) is 7.83. The molecule has 0 atom stereocenters. The number of anilines is 2. The van der Waals surface area contributed by atoms with Crippen molar-refractivity contribution in [2.45, 2.75) is 13.8 Å². The predicted molar refractivity (Wildman–Crippen MR) is 111 cm³/mol. The Morgan fingerprint density at radius 3 is 2.38 bits per heavy atom. The number of nitrogens with zero attached hydrogens (tertiary/aromatic N) is 5. The van der Waals surface area contributed by atoms with Crippen molar-refractivity contribution in [3.63, 3.8) is 0 Å². The largest absolute Gasteiger partial charge is 0.352 e. The lowest BCUT2D eigenvalue weighted by Gasteiger charge is -2.36. The Kier molecular flexibility index (Phi) is 5.07. The van der Waals surface area contributed by atoms with Crippen LogP contribution in [0.2, 0.25) is 0 Å². The van der Waals surface area contributed by atoms with Gasteiger partial charge in [0.25, 0.3) is 5.91 Å². The van der Waals surface area contributed by atoms with Gasteiger partial charge >= 0.3 is 0 Å². The van der Waals surface area contributed by atoms with Gasteiger partial charge in [-0.15, -0.1) is 0 Å². The number of para-hydroxylation sites is 2. The molecule has 1 saturated heterocycles. The Hall–Kier alpha value is -3.55. The van der Waals surface area contributed by atoms with Crippen molar-refractivity contribution >= 4 is 34.5 Å². The van der Waals surface area contributed by atoms with Crippen LogP contribution in [0, 0.1) is 6.92 Å². The Morgan fingerprint density at radius 2 is 1.69 bits per heavy atom. The molecule has 1 N–H and O–H groups in total. The van der Waals surface area contributed by atoms with E-state index in [2.05, 4.69) is 20.2 Å². The molecule has 1 aliphatic heterocycles. The fourth-order valence-electron chi connectivity index (χ4n) is 3.49. The van der Waals surface area contributed by atoms with Gasteiger partial charge in [-0.05, 0) is 31.2 Å². The van der Waals surface area contributed by atoms with Crippen molar-refractivity contribution in [2.24, 2.45) is 0 Å². The van der Waals surface area contributed by atoms with Gasteiger partial charge in [0.15, 0.2) is 5.82 Å². The lowest BCUT2D eigenvalue weighted by molar-refractivity contribution is -0.114. The summed E-state index contributed by atoms with van der Waals surface area (Å²) in [6, 6.07) is 11.1. The minimum Gasteiger partial charge on any atom is -0.352 e. The van der Waals surface area contributed by atoms with Crippen LogP contribution in [-0.2, 0) is 4.79 Å². The number of piperazine rings is 1. The van der Waals surface area contributed by atoms with Crippen LogP contribution in [0.15, 0.2) is 42.6 Å². The van der Waals surface area contributed by atoms with E-state index in [1.54, 1.807) is 12.1 Å². The van der Waals surface area contributed by atoms with E-state index < -0.39 is 0 Å². The summed E-state index contributed by atoms with van der Waals surface area (Å²) >= 11 is 0. The Bertz CT molecular complexity index is 1080. The quantitative estimate of drug-likeness (QED) is 0.738. The predicted octanol–water partition coefficient (Wildman–Crippen LogP) is 2.25. The Morgan fingerprint density at radius 1 is 1.00 bits per heavy atom. The molecular weight excluding hydrogens is 368 g/mol. The zero-order chi connectivity index (χ0) is 20.4. The molecule has 0 saturated carbocycles. The molecule has 29 heavy (non-hydrogen) atoms. The van der Waals surface area contributed by atoms with E-state index >= 15 is 0 Å². The summed E-state index contributed by atoms with van der Waals surface area (Å²) in [6.07, 6.45) is 1.53. The van der Waals surface area contributed by atoms with E-state index in [0.717, 1.165) is 22.5 Å². The molecule has 0 spiro atoms. The van der Waals surface area contributed by atoms with Crippen LogP contribution in [-0.4, -0.2) is 57.8 Å². The molecule has 0 unspecified atom stereocenters. The first-order chi connectivity index (χ1) is 14.0. The van der Waals surface area contributed by atoms with Crippen molar-refractivity contribution in [1.29, 1.82) is 0 Å². The number of rotatable bonds is 3. The average molecular weight is 390 g/mol. The topological polar surface area (TPSA) is 91.3 Å². The van der Waals surface area contributed by atoms with Gasteiger partial charge in [-0.3, -0.25) is 9.59 Å². The first kappa shape index (κ1) is 18.8. The lowest BCUT2D eigenvalue weighted by atomic mass is 10.2. The number of carbonyl (C=O) groups is 2. The number of benzene rings is 1. The smallest absolute Gasteiger partial charge is 0.254 e. The highest BCUT2D eigenvalue weighted by Crippen LogP contribution is 2.22. The molecule has 0 aliphatic carbocycles. The van der Waals surface area contributed by atoms with Crippen molar-refractivity contribution in [2.75, 3.05) is 36.4 Å². The van der Waals surface area contributed by atoms with Gasteiger partial charge in [-0.25, -0.2) is 15.0 Å². The summed E-state index contributed by atoms with van der Waals surface area (Å²) in [7, 11) is 0. The van der Waals surface area contributed by atoms with E-state index in [1.807, 2.05) is 36.1 Å². The maximum absolute atomic E-state index is 12.9. The number of hydrogen-bond donors (Lipinski definition) is 1. The summed E-state index contributed by atoms with van der Waals surface area (Å²) in [4.78, 5) is 41.6. The van der Waals surface area contributed by atoms with Gasteiger partial charge in [0, 0.05) is 44.9 Å². The molecule has 0 radical (unpaired) electrons. The van der Waals surface area contributed by atoms with Gasteiger partial charge < -0.3 is 15.1 Å². The Balaban J connectivity index is 1.46. The van der Waals surface area contributed by atoms with Crippen LogP contribution >= 0.6 is 0 Å². The van der Waals surface area contributed by atoms with Crippen molar-refractivity contribution in [3.05, 3.63) is 53.9 Å². The summed E-state index contributed by atoms with van der Waals surface area (Å²) < 4.78 is 0. The summed E-state index contributed by atoms with van der Waals surface area (Å²) in [5.74, 6) is 0.958. The third-order valence-corrected chi connectivity index (χ3v) is 4.90. The Labute approximate surface area is 168 Å². The molecule has 8 heteroatoms. The number of aryl methyl sites for hydroxylation is 1. The van der Waals surface area contributed by atoms with Crippen LogP contribution in [0.25, 0.3) is 11.0 Å². The summed E-state index contributed by atoms with van der Waals surface area (Å²) in [6.45, 7) is 5.92. The number of amides is 2. The molecule has 1 aromatic carbocycles. The first-order valence-electron chi connectivity index (χ1n) is 9.52. The SMILES string of the molecule is CC(=O)Nc1cc(C(=O)N2CCN(c3nc4ccccc4nc3C)CC2)ccn1. The molecule has 1 fully saturated rings. The molecule has 148 valence electrons. The number of aromatic nitrogens is 3. The molecule has 0 bridgehead atoms. The monoisotopic (exact) mass is 390 g/mol. The normalized spacial score (nSPS) is 14.1. The highest BCUT2D eigenvalue weighted by atomic mass is 16.2. The highest BCUT2D eigenvalue weighted by Gasteiger charge is 2.24. The average Bonchev–Trinajstić information content (AvgIpc) is 2.72. The van der Waals surface area contributed by atoms with Gasteiger partial charge in [0.1, 0.15) is 5.82 Å². The van der Waals surface area contributed by atoms with Crippen molar-refractivity contribution < 1.29 is 9.59 Å². The van der Waals surface area contributed by atoms with Gasteiger partial charge in [-0.2, -0.15) is 0 Å². The van der Waals surface area contributed by atoms with Crippen LogP contribution in [0.3, 0.4) is 0 Å². The molecule has 1 aliphatic rings. The number of pyridine rings is 1. The third kappa shape index (κ3) is 4.01. The van der Waals surface area contributed by atoms with Crippen LogP contribution in [0.1, 0.15) is 23.0 Å². The summed E-state index contributed by atoms with van der Waals surface area (Å²) in [5, 5.41) is 2.61. The maximum atomic E-state index is 12.9. The zero-order valence-corrected chi connectivity index (χ0v) is 16.4. The van der Waals surface area contributed by atoms with Gasteiger partial charge in [0.2, 0.25) is 5.91 Å². The van der Waals surface area contributed by atoms with Crippen LogP contribution < -0.4 is 10.2 Å². The summed E-state index contributed by atoms with van der Waals surface area (Å²) in [5.41, 5.74) is 3.15. The van der Waals surface area contributed by atoms with Gasteiger partial charge in [-0.1, -0.05) is 12.1 Å². The molecule has 3 heterocycles. The van der Waals surface area contributed by atoms with E-state index in [0.29, 0.717) is 37.6 Å². The van der Waals surface area contributed by atoms with E-state index in [9.17, 15) is 9.59 Å². The van der Waals surface area contributed by atoms with Crippen molar-refractivity contribution in [1.82, 2.24) is 19.9 Å². The molecular formula is C21H22N6O2. The second-order valence-electron chi connectivity index (χ2n) is 7.01. The number of hydrogen-bond acceptors (Lipinski definition) is 6. The third-order valence-electron chi connectivity index (χ3n) is 4.90. The van der Waals surface area contributed by atoms with E-state index in [4.69, 9.17) is 4.98 Å².